The van der Waals surface area contributed by atoms with Gasteiger partial charge in [0.15, 0.2) is 0 Å². The van der Waals surface area contributed by atoms with Crippen LogP contribution in [0.4, 0.5) is 5.82 Å². The number of carbonyl (C=O) groups excluding carboxylic acids is 1. The molecule has 1 amide bonds. The highest BCUT2D eigenvalue weighted by atomic mass is 35.5. The van der Waals surface area contributed by atoms with Gasteiger partial charge in [0, 0.05) is 6.54 Å². The van der Waals surface area contributed by atoms with Crippen LogP contribution in [0.15, 0.2) is 12.1 Å². The number of nitrogens with zero attached hydrogens (tertiary/aromatic N) is 1. The van der Waals surface area contributed by atoms with Crippen LogP contribution in [0.25, 0.3) is 0 Å². The van der Waals surface area contributed by atoms with E-state index in [-0.39, 0.29) is 11.6 Å². The molecule has 0 aliphatic heterocycles. The lowest BCUT2D eigenvalue weighted by Gasteiger charge is -2.07. The van der Waals surface area contributed by atoms with Gasteiger partial charge in [0.1, 0.15) is 11.5 Å². The van der Waals surface area contributed by atoms with Crippen molar-refractivity contribution in [2.24, 2.45) is 5.84 Å². The fourth-order valence-corrected chi connectivity index (χ4v) is 2.38. The summed E-state index contributed by atoms with van der Waals surface area (Å²) >= 11 is 7.81. The number of thioether (sulfide) groups is 1. The summed E-state index contributed by atoms with van der Waals surface area (Å²) in [5.74, 6) is 6.60. The Bertz CT molecular complexity index is 431. The molecule has 0 unspecified atom stereocenters. The van der Waals surface area contributed by atoms with E-state index in [2.05, 4.69) is 22.0 Å². The molecule has 0 bridgehead atoms. The Morgan fingerprint density at radius 2 is 2.10 bits per heavy atom. The third-order valence-electron chi connectivity index (χ3n) is 2.77. The number of nitrogens with one attached hydrogen (secondary N) is 2. The van der Waals surface area contributed by atoms with Crippen molar-refractivity contribution in [1.29, 1.82) is 0 Å². The highest BCUT2D eigenvalue weighted by Crippen LogP contribution is 2.16. The van der Waals surface area contributed by atoms with Crippen molar-refractivity contribution in [2.45, 2.75) is 25.7 Å². The Labute approximate surface area is 129 Å². The maximum Gasteiger partial charge on any atom is 0.271 e. The first-order valence-electron chi connectivity index (χ1n) is 6.59. The molecule has 0 fully saturated rings. The number of hydrogen-bond donors (Lipinski definition) is 3. The number of nitrogens with two attached hydrogens (primary N) is 1. The number of halogens is 1. The van der Waals surface area contributed by atoms with Crippen LogP contribution >= 0.6 is 23.4 Å². The highest BCUT2D eigenvalue weighted by molar-refractivity contribution is 7.98. The second-order valence-corrected chi connectivity index (χ2v) is 5.73. The number of nitrogen functional groups attached to an aromatic ring is 1. The Kier molecular flexibility index (Phi) is 8.41. The summed E-state index contributed by atoms with van der Waals surface area (Å²) < 4.78 is 0. The fourth-order valence-electron chi connectivity index (χ4n) is 1.69. The lowest BCUT2D eigenvalue weighted by atomic mass is 10.2. The van der Waals surface area contributed by atoms with Crippen LogP contribution in [0.2, 0.25) is 5.02 Å². The predicted octanol–water partition coefficient (Wildman–Crippen LogP) is 2.67. The van der Waals surface area contributed by atoms with Gasteiger partial charge in [0.25, 0.3) is 5.91 Å². The quantitative estimate of drug-likeness (QED) is 0.371. The fraction of sp³-hybridized carbons (Fsp3) is 0.538. The number of aromatic nitrogens is 1. The second kappa shape index (κ2) is 9.85. The minimum Gasteiger partial charge on any atom is -0.351 e. The van der Waals surface area contributed by atoms with Crippen molar-refractivity contribution in [2.75, 3.05) is 24.0 Å². The van der Waals surface area contributed by atoms with Gasteiger partial charge in [-0.1, -0.05) is 24.4 Å². The average molecular weight is 317 g/mol. The molecule has 20 heavy (non-hydrogen) atoms. The van der Waals surface area contributed by atoms with Crippen LogP contribution < -0.4 is 16.6 Å². The van der Waals surface area contributed by atoms with E-state index in [0.717, 1.165) is 12.8 Å². The largest absolute Gasteiger partial charge is 0.351 e. The zero-order chi connectivity index (χ0) is 14.8. The predicted molar refractivity (Wildman–Crippen MR) is 86.2 cm³/mol. The van der Waals surface area contributed by atoms with Gasteiger partial charge in [-0.2, -0.15) is 11.8 Å². The molecule has 0 saturated heterocycles. The van der Waals surface area contributed by atoms with Gasteiger partial charge in [0.05, 0.1) is 5.02 Å². The van der Waals surface area contributed by atoms with E-state index in [4.69, 9.17) is 17.4 Å². The normalized spacial score (nSPS) is 10.3. The monoisotopic (exact) mass is 316 g/mol. The van der Waals surface area contributed by atoms with Crippen molar-refractivity contribution in [1.82, 2.24) is 10.3 Å². The van der Waals surface area contributed by atoms with E-state index in [1.165, 1.54) is 18.6 Å². The third kappa shape index (κ3) is 5.98. The topological polar surface area (TPSA) is 80.0 Å². The lowest BCUT2D eigenvalue weighted by Crippen LogP contribution is -2.26. The van der Waals surface area contributed by atoms with E-state index >= 15 is 0 Å². The van der Waals surface area contributed by atoms with Crippen molar-refractivity contribution in [3.05, 3.63) is 22.8 Å². The third-order valence-corrected chi connectivity index (χ3v) is 3.77. The van der Waals surface area contributed by atoms with Gasteiger partial charge in [-0.25, -0.2) is 10.8 Å². The first kappa shape index (κ1) is 17.1. The first-order chi connectivity index (χ1) is 9.69. The van der Waals surface area contributed by atoms with Gasteiger partial charge in [-0.15, -0.1) is 0 Å². The zero-order valence-corrected chi connectivity index (χ0v) is 13.2. The van der Waals surface area contributed by atoms with Gasteiger partial charge >= 0.3 is 0 Å². The van der Waals surface area contributed by atoms with Crippen LogP contribution in [0, 0.1) is 0 Å². The van der Waals surface area contributed by atoms with Crippen molar-refractivity contribution in [3.8, 4) is 0 Å². The summed E-state index contributed by atoms with van der Waals surface area (Å²) in [6.45, 7) is 0.635. The molecular formula is C13H21ClN4OS. The number of anilines is 1. The van der Waals surface area contributed by atoms with Crippen molar-refractivity contribution in [3.63, 3.8) is 0 Å². The lowest BCUT2D eigenvalue weighted by molar-refractivity contribution is 0.0948. The number of unbranched alkanes of at least 4 members (excludes halogenated alkanes) is 3. The minimum atomic E-state index is -0.267. The average Bonchev–Trinajstić information content (AvgIpc) is 2.46. The molecule has 1 heterocycles. The van der Waals surface area contributed by atoms with Gasteiger partial charge in [-0.3, -0.25) is 4.79 Å². The SMILES string of the molecule is CSCCCCCCNC(=O)c1nc(NN)ccc1Cl. The van der Waals surface area contributed by atoms with E-state index in [1.807, 2.05) is 11.8 Å². The summed E-state index contributed by atoms with van der Waals surface area (Å²) in [4.78, 5) is 16.0. The van der Waals surface area contributed by atoms with Crippen LogP contribution in [0.5, 0.6) is 0 Å². The Morgan fingerprint density at radius 1 is 1.35 bits per heavy atom. The van der Waals surface area contributed by atoms with Crippen LogP contribution in [-0.4, -0.2) is 29.4 Å². The summed E-state index contributed by atoms with van der Waals surface area (Å²) in [7, 11) is 0. The minimum absolute atomic E-state index is 0.199. The van der Waals surface area contributed by atoms with E-state index in [1.54, 1.807) is 12.1 Å². The van der Waals surface area contributed by atoms with Gasteiger partial charge < -0.3 is 10.7 Å². The first-order valence-corrected chi connectivity index (χ1v) is 8.36. The van der Waals surface area contributed by atoms with Crippen LogP contribution in [0.1, 0.15) is 36.2 Å². The smallest absolute Gasteiger partial charge is 0.271 e. The molecular weight excluding hydrogens is 296 g/mol. The molecule has 5 nitrogen and oxygen atoms in total. The Hall–Kier alpha value is -0.980. The van der Waals surface area contributed by atoms with E-state index < -0.39 is 0 Å². The number of hydrazine groups is 1. The standard InChI is InChI=1S/C13H21ClN4OS/c1-20-9-5-3-2-4-8-16-13(19)12-10(14)6-7-11(17-12)18-15/h6-7H,2-5,8-9,15H2,1H3,(H,16,19)(H,17,18). The molecule has 112 valence electrons. The van der Waals surface area contributed by atoms with Crippen molar-refractivity contribution >= 4 is 35.1 Å². The molecule has 0 aromatic carbocycles. The molecule has 0 aliphatic carbocycles. The molecule has 0 aliphatic rings. The van der Waals surface area contributed by atoms with E-state index in [9.17, 15) is 4.79 Å². The maximum atomic E-state index is 11.9. The molecule has 0 spiro atoms. The molecule has 0 atom stereocenters. The summed E-state index contributed by atoms with van der Waals surface area (Å²) in [6.07, 6.45) is 6.62. The number of carbonyl (C=O) groups is 1. The molecule has 1 rings (SSSR count). The second-order valence-electron chi connectivity index (χ2n) is 4.33. The van der Waals surface area contributed by atoms with Crippen LogP contribution in [0.3, 0.4) is 0 Å². The maximum absolute atomic E-state index is 11.9. The molecule has 1 aromatic heterocycles. The summed E-state index contributed by atoms with van der Waals surface area (Å²) in [5, 5.41) is 3.14. The molecule has 0 radical (unpaired) electrons. The molecule has 1 aromatic rings. The van der Waals surface area contributed by atoms with Gasteiger partial charge in [-0.05, 0) is 37.0 Å². The molecule has 7 heteroatoms. The highest BCUT2D eigenvalue weighted by Gasteiger charge is 2.12. The summed E-state index contributed by atoms with van der Waals surface area (Å²) in [5.41, 5.74) is 2.59. The number of hydrogen-bond acceptors (Lipinski definition) is 5. The summed E-state index contributed by atoms with van der Waals surface area (Å²) in [6, 6.07) is 3.21. The zero-order valence-electron chi connectivity index (χ0n) is 11.6. The number of amides is 1. The van der Waals surface area contributed by atoms with Crippen molar-refractivity contribution < 1.29 is 4.79 Å². The molecule has 0 saturated carbocycles. The van der Waals surface area contributed by atoms with Gasteiger partial charge in [0.2, 0.25) is 0 Å². The molecule has 4 N–H and O–H groups in total. The Balaban J connectivity index is 2.32. The van der Waals surface area contributed by atoms with E-state index in [0.29, 0.717) is 17.4 Å². The van der Waals surface area contributed by atoms with Crippen LogP contribution in [-0.2, 0) is 0 Å². The number of pyridine rings is 1. The number of rotatable bonds is 9. The Morgan fingerprint density at radius 3 is 2.80 bits per heavy atom.